The highest BCUT2D eigenvalue weighted by Crippen LogP contribution is 2.36. The Balaban J connectivity index is 2.07. The Morgan fingerprint density at radius 1 is 0.919 bits per heavy atom. The molecule has 0 aromatic heterocycles. The van der Waals surface area contributed by atoms with Crippen molar-refractivity contribution >= 4 is 5.97 Å². The van der Waals surface area contributed by atoms with Gasteiger partial charge in [0.25, 0.3) is 0 Å². The average Bonchev–Trinajstić information content (AvgIpc) is 2.91. The van der Waals surface area contributed by atoms with Gasteiger partial charge in [-0.3, -0.25) is 4.79 Å². The smallest absolute Gasteiger partial charge is 0.305 e. The fraction of sp³-hybridized carbons (Fsp3) is 0.545. The van der Waals surface area contributed by atoms with Crippen LogP contribution in [0.4, 0.5) is 0 Å². The lowest BCUT2D eigenvalue weighted by Crippen LogP contribution is -2.27. The highest BCUT2D eigenvalue weighted by Gasteiger charge is 2.29. The molecule has 1 N–H and O–H groups in total. The summed E-state index contributed by atoms with van der Waals surface area (Å²) in [6.45, 7) is 13.4. The van der Waals surface area contributed by atoms with Crippen LogP contribution in [0.25, 0.3) is 0 Å². The minimum absolute atomic E-state index is 0.0414. The molecular weight excluding hydrogens is 460 g/mol. The van der Waals surface area contributed by atoms with Crippen molar-refractivity contribution in [2.45, 2.75) is 104 Å². The molecule has 0 heterocycles. The van der Waals surface area contributed by atoms with Gasteiger partial charge in [0.2, 0.25) is 0 Å². The van der Waals surface area contributed by atoms with E-state index < -0.39 is 5.60 Å². The molecule has 0 radical (unpaired) electrons. The Hall–Kier alpha value is -2.77. The summed E-state index contributed by atoms with van der Waals surface area (Å²) in [5.74, 6) is 7.03. The van der Waals surface area contributed by atoms with Gasteiger partial charge >= 0.3 is 5.97 Å². The van der Waals surface area contributed by atoms with Crippen molar-refractivity contribution < 1.29 is 19.4 Å². The van der Waals surface area contributed by atoms with Crippen LogP contribution in [0.2, 0.25) is 0 Å². The first kappa shape index (κ1) is 30.5. The topological polar surface area (TPSA) is 55.8 Å². The van der Waals surface area contributed by atoms with E-state index in [4.69, 9.17) is 9.47 Å². The first-order valence-corrected chi connectivity index (χ1v) is 14.0. The fourth-order valence-corrected chi connectivity index (χ4v) is 4.64. The highest BCUT2D eigenvalue weighted by molar-refractivity contribution is 5.69. The van der Waals surface area contributed by atoms with Gasteiger partial charge in [-0.15, -0.1) is 0 Å². The molecule has 2 aromatic carbocycles. The summed E-state index contributed by atoms with van der Waals surface area (Å²) in [5.41, 5.74) is 3.88. The molecule has 0 fully saturated rings. The van der Waals surface area contributed by atoms with E-state index in [1.54, 1.807) is 0 Å². The van der Waals surface area contributed by atoms with E-state index >= 15 is 0 Å². The lowest BCUT2D eigenvalue weighted by atomic mass is 9.71. The summed E-state index contributed by atoms with van der Waals surface area (Å²) in [7, 11) is 0. The van der Waals surface area contributed by atoms with Crippen LogP contribution >= 0.6 is 0 Å². The number of carbonyl (C=O) groups is 1. The van der Waals surface area contributed by atoms with Crippen molar-refractivity contribution in [1.82, 2.24) is 0 Å². The Bertz CT molecular complexity index is 1030. The maximum absolute atomic E-state index is 11.4. The summed E-state index contributed by atoms with van der Waals surface area (Å²) in [5, 5.41) is 10.5. The van der Waals surface area contributed by atoms with Crippen molar-refractivity contribution in [2.24, 2.45) is 0 Å². The number of unbranched alkanes of at least 4 members (excludes halogenated alkanes) is 1. The lowest BCUT2D eigenvalue weighted by Gasteiger charge is -2.33. The van der Waals surface area contributed by atoms with Crippen LogP contribution in [0.5, 0.6) is 5.75 Å². The monoisotopic (exact) mass is 506 g/mol. The van der Waals surface area contributed by atoms with Crippen LogP contribution in [-0.2, 0) is 21.4 Å². The summed E-state index contributed by atoms with van der Waals surface area (Å²) < 4.78 is 10.8. The molecule has 0 saturated heterocycles. The molecule has 4 nitrogen and oxygen atoms in total. The molecule has 2 rings (SSSR count). The number of esters is 1. The third kappa shape index (κ3) is 8.93. The minimum atomic E-state index is -0.916. The Morgan fingerprint density at radius 2 is 1.59 bits per heavy atom. The van der Waals surface area contributed by atoms with Crippen molar-refractivity contribution in [3.63, 3.8) is 0 Å². The number of aliphatic hydroxyl groups is 1. The van der Waals surface area contributed by atoms with Gasteiger partial charge in [-0.05, 0) is 99.1 Å². The zero-order valence-corrected chi connectivity index (χ0v) is 23.8. The quantitative estimate of drug-likeness (QED) is 0.166. The van der Waals surface area contributed by atoms with Gasteiger partial charge in [-0.2, -0.15) is 0 Å². The van der Waals surface area contributed by atoms with Crippen LogP contribution in [-0.4, -0.2) is 29.9 Å². The van der Waals surface area contributed by atoms with Crippen LogP contribution in [0, 0.1) is 18.8 Å². The van der Waals surface area contributed by atoms with E-state index in [9.17, 15) is 9.90 Å². The van der Waals surface area contributed by atoms with Crippen molar-refractivity contribution in [3.05, 3.63) is 64.7 Å². The third-order valence-electron chi connectivity index (χ3n) is 7.61. The average molecular weight is 507 g/mol. The largest absolute Gasteiger partial charge is 0.494 e. The maximum atomic E-state index is 11.4. The predicted molar refractivity (Wildman–Crippen MR) is 152 cm³/mol. The molecule has 0 bridgehead atoms. The third-order valence-corrected chi connectivity index (χ3v) is 7.61. The highest BCUT2D eigenvalue weighted by atomic mass is 16.5. The normalized spacial score (nSPS) is 11.5. The molecule has 0 aliphatic rings. The van der Waals surface area contributed by atoms with Gasteiger partial charge in [-0.25, -0.2) is 0 Å². The minimum Gasteiger partial charge on any atom is -0.494 e. The summed E-state index contributed by atoms with van der Waals surface area (Å²) >= 11 is 0. The molecule has 0 unspecified atom stereocenters. The van der Waals surface area contributed by atoms with Gasteiger partial charge in [0.1, 0.15) is 11.4 Å². The molecule has 4 heteroatoms. The molecule has 0 amide bonds. The van der Waals surface area contributed by atoms with Crippen LogP contribution in [0.1, 0.15) is 102 Å². The summed E-state index contributed by atoms with van der Waals surface area (Å²) in [6, 6.07) is 15.0. The van der Waals surface area contributed by atoms with E-state index in [1.807, 2.05) is 32.9 Å². The number of aryl methyl sites for hydroxylation is 1. The molecule has 0 aliphatic carbocycles. The van der Waals surface area contributed by atoms with Gasteiger partial charge in [0.05, 0.1) is 13.2 Å². The first-order valence-electron chi connectivity index (χ1n) is 14.0. The van der Waals surface area contributed by atoms with Crippen molar-refractivity contribution in [2.75, 3.05) is 13.2 Å². The number of rotatable bonds is 14. The van der Waals surface area contributed by atoms with Gasteiger partial charge in [-0.1, -0.05) is 63.8 Å². The number of hydrogen-bond donors (Lipinski definition) is 1. The fourth-order valence-electron chi connectivity index (χ4n) is 4.64. The summed E-state index contributed by atoms with van der Waals surface area (Å²) in [6.07, 6.45) is 6.33. The molecule has 37 heavy (non-hydrogen) atoms. The molecular formula is C33H46O4. The number of hydrogen-bond acceptors (Lipinski definition) is 4. The molecule has 0 saturated carbocycles. The number of carbonyl (C=O) groups excluding carboxylic acids is 1. The number of benzene rings is 2. The number of ether oxygens (including phenoxy) is 2. The Morgan fingerprint density at radius 3 is 2.16 bits per heavy atom. The van der Waals surface area contributed by atoms with Gasteiger partial charge in [0.15, 0.2) is 0 Å². The first-order chi connectivity index (χ1) is 17.7. The second-order valence-electron chi connectivity index (χ2n) is 9.94. The molecule has 2 aromatic rings. The van der Waals surface area contributed by atoms with E-state index in [0.717, 1.165) is 49.0 Å². The second kappa shape index (κ2) is 14.8. The second-order valence-corrected chi connectivity index (χ2v) is 9.94. The Kier molecular flexibility index (Phi) is 12.2. The SMILES string of the molecule is CCOC(=O)CCCCOc1ccc(CC(CC)(CC)c2ccc(C#CC(O)(CC)CC)c(C)c2)cc1. The maximum Gasteiger partial charge on any atom is 0.305 e. The Labute approximate surface area is 224 Å². The molecule has 0 spiro atoms. The standard InChI is InChI=1S/C33H46O4/c1-7-32(8-2,29-18-17-28(26(6)24-29)21-22-33(35,9-3)10-4)25-27-15-19-30(20-16-27)37-23-13-12-14-31(34)36-11-5/h15-20,24,35H,7-14,23,25H2,1-6H3. The predicted octanol–water partition coefficient (Wildman–Crippen LogP) is 7.31. The summed E-state index contributed by atoms with van der Waals surface area (Å²) in [4.78, 5) is 11.4. The lowest BCUT2D eigenvalue weighted by molar-refractivity contribution is -0.143. The molecule has 0 atom stereocenters. The van der Waals surface area contributed by atoms with Crippen molar-refractivity contribution in [1.29, 1.82) is 0 Å². The van der Waals surface area contributed by atoms with E-state index in [0.29, 0.717) is 32.5 Å². The van der Waals surface area contributed by atoms with Crippen LogP contribution in [0.3, 0.4) is 0 Å². The molecule has 202 valence electrons. The van der Waals surface area contributed by atoms with E-state index in [2.05, 4.69) is 62.9 Å². The van der Waals surface area contributed by atoms with E-state index in [-0.39, 0.29) is 11.4 Å². The van der Waals surface area contributed by atoms with Crippen molar-refractivity contribution in [3.8, 4) is 17.6 Å². The zero-order chi connectivity index (χ0) is 27.3. The van der Waals surface area contributed by atoms with Gasteiger partial charge in [0, 0.05) is 12.0 Å². The van der Waals surface area contributed by atoms with E-state index in [1.165, 1.54) is 11.1 Å². The van der Waals surface area contributed by atoms with Crippen LogP contribution in [0.15, 0.2) is 42.5 Å². The molecule has 0 aliphatic heterocycles. The van der Waals surface area contributed by atoms with Gasteiger partial charge < -0.3 is 14.6 Å². The zero-order valence-electron chi connectivity index (χ0n) is 23.8. The van der Waals surface area contributed by atoms with Crippen LogP contribution < -0.4 is 4.74 Å².